The number of nitrogens with zero attached hydrogens (tertiary/aromatic N) is 3. The van der Waals surface area contributed by atoms with E-state index in [9.17, 15) is 8.42 Å². The standard InChI is InChI=1S/C22H26BrN3O2S/c1-3-24-10-12-25(13-11-24)16-18-6-4-7-19(15-18)29(27,28)26-17(2)14-20-21(23)8-5-9-22(20)26/h4-9,14-15H,3,10-13,16H2,1-2H3. The first-order valence-electron chi connectivity index (χ1n) is 9.96. The molecule has 1 aromatic heterocycles. The molecule has 0 spiro atoms. The van der Waals surface area contributed by atoms with Crippen LogP contribution in [0.5, 0.6) is 0 Å². The van der Waals surface area contributed by atoms with Gasteiger partial charge < -0.3 is 4.90 Å². The summed E-state index contributed by atoms with van der Waals surface area (Å²) in [5.41, 5.74) is 2.43. The summed E-state index contributed by atoms with van der Waals surface area (Å²) in [6.07, 6.45) is 0. The molecule has 2 heterocycles. The predicted molar refractivity (Wildman–Crippen MR) is 121 cm³/mol. The van der Waals surface area contributed by atoms with Crippen molar-refractivity contribution in [3.63, 3.8) is 0 Å². The number of benzene rings is 2. The van der Waals surface area contributed by atoms with Crippen LogP contribution >= 0.6 is 15.9 Å². The summed E-state index contributed by atoms with van der Waals surface area (Å²) in [4.78, 5) is 5.17. The van der Waals surface area contributed by atoms with Crippen molar-refractivity contribution in [3.8, 4) is 0 Å². The van der Waals surface area contributed by atoms with Crippen LogP contribution in [0.3, 0.4) is 0 Å². The fourth-order valence-corrected chi connectivity index (χ4v) is 6.14. The van der Waals surface area contributed by atoms with Crippen LogP contribution < -0.4 is 0 Å². The lowest BCUT2D eigenvalue weighted by Crippen LogP contribution is -2.45. The average Bonchev–Trinajstić information content (AvgIpc) is 3.07. The maximum absolute atomic E-state index is 13.5. The minimum absolute atomic E-state index is 0.336. The molecule has 154 valence electrons. The number of aromatic nitrogens is 1. The van der Waals surface area contributed by atoms with E-state index < -0.39 is 10.0 Å². The summed E-state index contributed by atoms with van der Waals surface area (Å²) in [6, 6.07) is 14.9. The minimum Gasteiger partial charge on any atom is -0.301 e. The van der Waals surface area contributed by atoms with Gasteiger partial charge in [0.2, 0.25) is 0 Å². The fraction of sp³-hybridized carbons (Fsp3) is 0.364. The Hall–Kier alpha value is -1.67. The second kappa shape index (κ2) is 8.22. The molecule has 29 heavy (non-hydrogen) atoms. The second-order valence-electron chi connectivity index (χ2n) is 7.59. The molecule has 0 saturated carbocycles. The highest BCUT2D eigenvalue weighted by atomic mass is 79.9. The number of piperazine rings is 1. The summed E-state index contributed by atoms with van der Waals surface area (Å²) in [6.45, 7) is 10.0. The molecule has 5 nitrogen and oxygen atoms in total. The number of hydrogen-bond donors (Lipinski definition) is 0. The van der Waals surface area contributed by atoms with Crippen LogP contribution in [-0.4, -0.2) is 54.9 Å². The van der Waals surface area contributed by atoms with Gasteiger partial charge in [0, 0.05) is 48.3 Å². The molecule has 0 aliphatic carbocycles. The molecule has 0 radical (unpaired) electrons. The van der Waals surface area contributed by atoms with Crippen LogP contribution in [0.15, 0.2) is 57.9 Å². The van der Waals surface area contributed by atoms with E-state index in [0.717, 1.165) is 54.7 Å². The van der Waals surface area contributed by atoms with E-state index in [1.807, 2.05) is 49.4 Å². The highest BCUT2D eigenvalue weighted by molar-refractivity contribution is 9.10. The first-order chi connectivity index (χ1) is 13.9. The SMILES string of the molecule is CCN1CCN(Cc2cccc(S(=O)(=O)n3c(C)cc4c(Br)cccc43)c2)CC1. The zero-order chi connectivity index (χ0) is 20.6. The van der Waals surface area contributed by atoms with E-state index in [1.54, 1.807) is 6.07 Å². The Balaban J connectivity index is 1.65. The van der Waals surface area contributed by atoms with Crippen LogP contribution in [0.2, 0.25) is 0 Å². The van der Waals surface area contributed by atoms with Crippen LogP contribution in [-0.2, 0) is 16.6 Å². The highest BCUT2D eigenvalue weighted by Gasteiger charge is 2.23. The van der Waals surface area contributed by atoms with Crippen molar-refractivity contribution in [2.45, 2.75) is 25.3 Å². The van der Waals surface area contributed by atoms with E-state index in [0.29, 0.717) is 16.1 Å². The lowest BCUT2D eigenvalue weighted by atomic mass is 10.2. The number of likely N-dealkylation sites (N-methyl/N-ethyl adjacent to an activating group) is 1. The largest absolute Gasteiger partial charge is 0.301 e. The van der Waals surface area contributed by atoms with Crippen molar-refractivity contribution in [3.05, 3.63) is 64.3 Å². The molecule has 1 aliphatic heterocycles. The van der Waals surface area contributed by atoms with E-state index >= 15 is 0 Å². The summed E-state index contributed by atoms with van der Waals surface area (Å²) in [5, 5.41) is 0.901. The Morgan fingerprint density at radius 3 is 2.38 bits per heavy atom. The van der Waals surface area contributed by atoms with Crippen molar-refractivity contribution in [1.29, 1.82) is 0 Å². The van der Waals surface area contributed by atoms with Gasteiger partial charge in [-0.15, -0.1) is 0 Å². The molecule has 0 unspecified atom stereocenters. The van der Waals surface area contributed by atoms with Gasteiger partial charge in [-0.25, -0.2) is 12.4 Å². The molecule has 0 amide bonds. The van der Waals surface area contributed by atoms with Crippen LogP contribution in [0.4, 0.5) is 0 Å². The molecular formula is C22H26BrN3O2S. The molecular weight excluding hydrogens is 450 g/mol. The van der Waals surface area contributed by atoms with Gasteiger partial charge in [-0.05, 0) is 49.4 Å². The summed E-state index contributed by atoms with van der Waals surface area (Å²) >= 11 is 3.53. The quantitative estimate of drug-likeness (QED) is 0.557. The lowest BCUT2D eigenvalue weighted by Gasteiger charge is -2.34. The van der Waals surface area contributed by atoms with Crippen molar-refractivity contribution < 1.29 is 8.42 Å². The molecule has 4 rings (SSSR count). The van der Waals surface area contributed by atoms with Gasteiger partial charge in [-0.3, -0.25) is 4.90 Å². The van der Waals surface area contributed by atoms with Gasteiger partial charge in [-0.1, -0.05) is 41.1 Å². The maximum Gasteiger partial charge on any atom is 0.268 e. The molecule has 1 aliphatic rings. The van der Waals surface area contributed by atoms with Crippen molar-refractivity contribution in [1.82, 2.24) is 13.8 Å². The van der Waals surface area contributed by atoms with Gasteiger partial charge in [0.1, 0.15) is 0 Å². The molecule has 1 fully saturated rings. The lowest BCUT2D eigenvalue weighted by molar-refractivity contribution is 0.132. The Labute approximate surface area is 181 Å². The Morgan fingerprint density at radius 1 is 0.966 bits per heavy atom. The molecule has 0 bridgehead atoms. The van der Waals surface area contributed by atoms with Gasteiger partial charge >= 0.3 is 0 Å². The Bertz CT molecular complexity index is 1130. The monoisotopic (exact) mass is 475 g/mol. The number of fused-ring (bicyclic) bond motifs is 1. The third kappa shape index (κ3) is 4.01. The zero-order valence-electron chi connectivity index (χ0n) is 16.8. The van der Waals surface area contributed by atoms with E-state index in [4.69, 9.17) is 0 Å². The summed E-state index contributed by atoms with van der Waals surface area (Å²) in [5.74, 6) is 0. The van der Waals surface area contributed by atoms with Crippen molar-refractivity contribution in [2.24, 2.45) is 0 Å². The highest BCUT2D eigenvalue weighted by Crippen LogP contribution is 2.30. The van der Waals surface area contributed by atoms with Gasteiger partial charge in [0.25, 0.3) is 10.0 Å². The van der Waals surface area contributed by atoms with Gasteiger partial charge in [0.15, 0.2) is 0 Å². The van der Waals surface area contributed by atoms with Crippen molar-refractivity contribution in [2.75, 3.05) is 32.7 Å². The topological polar surface area (TPSA) is 45.6 Å². The minimum atomic E-state index is -3.68. The number of hydrogen-bond acceptors (Lipinski definition) is 4. The summed E-state index contributed by atoms with van der Waals surface area (Å²) < 4.78 is 29.3. The molecule has 7 heteroatoms. The van der Waals surface area contributed by atoms with E-state index in [-0.39, 0.29) is 0 Å². The first-order valence-corrected chi connectivity index (χ1v) is 12.2. The molecule has 1 saturated heterocycles. The molecule has 0 atom stereocenters. The van der Waals surface area contributed by atoms with Crippen LogP contribution in [0.25, 0.3) is 10.9 Å². The predicted octanol–water partition coefficient (Wildman–Crippen LogP) is 4.09. The van der Waals surface area contributed by atoms with Gasteiger partial charge in [-0.2, -0.15) is 0 Å². The number of aryl methyl sites for hydroxylation is 1. The zero-order valence-corrected chi connectivity index (χ0v) is 19.2. The molecule has 0 N–H and O–H groups in total. The van der Waals surface area contributed by atoms with Crippen molar-refractivity contribution >= 4 is 36.9 Å². The average molecular weight is 476 g/mol. The first kappa shape index (κ1) is 20.6. The normalized spacial score (nSPS) is 16.5. The molecule has 3 aromatic rings. The Kier molecular flexibility index (Phi) is 5.84. The Morgan fingerprint density at radius 2 is 1.66 bits per heavy atom. The second-order valence-corrected chi connectivity index (χ2v) is 10.2. The van der Waals surface area contributed by atoms with E-state index in [1.165, 1.54) is 3.97 Å². The molecule has 2 aromatic carbocycles. The number of halogens is 1. The smallest absolute Gasteiger partial charge is 0.268 e. The van der Waals surface area contributed by atoms with Gasteiger partial charge in [0.05, 0.1) is 10.4 Å². The summed E-state index contributed by atoms with van der Waals surface area (Å²) in [7, 11) is -3.68. The van der Waals surface area contributed by atoms with Crippen LogP contribution in [0, 0.1) is 6.92 Å². The third-order valence-electron chi connectivity index (χ3n) is 5.68. The van der Waals surface area contributed by atoms with Crippen LogP contribution in [0.1, 0.15) is 18.2 Å². The third-order valence-corrected chi connectivity index (χ3v) is 8.18. The maximum atomic E-state index is 13.5. The number of rotatable bonds is 5. The fourth-order valence-electron chi connectivity index (χ4n) is 4.05. The van der Waals surface area contributed by atoms with E-state index in [2.05, 4.69) is 32.7 Å².